The van der Waals surface area contributed by atoms with Gasteiger partial charge < -0.3 is 0 Å². The van der Waals surface area contributed by atoms with Crippen molar-refractivity contribution in [3.05, 3.63) is 60.4 Å². The first-order valence-corrected chi connectivity index (χ1v) is 10.8. The molecule has 0 aromatic heterocycles. The molecule has 2 aromatic rings. The van der Waals surface area contributed by atoms with Gasteiger partial charge >= 0.3 is 0 Å². The largest absolute Gasteiger partial charge is 0.253 e. The van der Waals surface area contributed by atoms with Crippen LogP contribution in [-0.2, 0) is 20.0 Å². The smallest absolute Gasteiger partial charge is 0.228 e. The van der Waals surface area contributed by atoms with Crippen molar-refractivity contribution in [2.24, 2.45) is 0 Å². The maximum Gasteiger partial charge on any atom is 0.253 e. The summed E-state index contributed by atoms with van der Waals surface area (Å²) in [5.74, 6) is -0.524. The van der Waals surface area contributed by atoms with E-state index in [0.717, 1.165) is 12.1 Å². The molecule has 0 amide bonds. The Morgan fingerprint density at radius 2 is 1.35 bits per heavy atom. The van der Waals surface area contributed by atoms with Crippen molar-refractivity contribution in [3.63, 3.8) is 0 Å². The van der Waals surface area contributed by atoms with Crippen LogP contribution in [0.5, 0.6) is 0 Å². The second-order valence-corrected chi connectivity index (χ2v) is 9.35. The Bertz CT molecular complexity index is 956. The van der Waals surface area contributed by atoms with Gasteiger partial charge in [0.2, 0.25) is 10.0 Å². The van der Waals surface area contributed by atoms with Gasteiger partial charge in [-0.15, -0.1) is 4.83 Å². The van der Waals surface area contributed by atoms with Crippen LogP contribution in [0.25, 0.3) is 0 Å². The maximum atomic E-state index is 12.9. The van der Waals surface area contributed by atoms with E-state index in [1.165, 1.54) is 33.6 Å². The summed E-state index contributed by atoms with van der Waals surface area (Å²) in [4.78, 5) is 2.56. The highest BCUT2D eigenvalue weighted by atomic mass is 32.2. The van der Waals surface area contributed by atoms with Gasteiger partial charge in [0.25, 0.3) is 10.0 Å². The van der Waals surface area contributed by atoms with Gasteiger partial charge in [-0.3, -0.25) is 0 Å². The van der Waals surface area contributed by atoms with Crippen molar-refractivity contribution in [1.29, 1.82) is 0 Å². The van der Waals surface area contributed by atoms with Crippen molar-refractivity contribution >= 4 is 20.0 Å². The highest BCUT2D eigenvalue weighted by Crippen LogP contribution is 2.17. The van der Waals surface area contributed by atoms with E-state index in [2.05, 4.69) is 4.83 Å². The molecule has 0 unspecified atom stereocenters. The number of hydrogen-bond donors (Lipinski definition) is 1. The molecule has 0 radical (unpaired) electrons. The fourth-order valence-corrected chi connectivity index (χ4v) is 5.16. The van der Waals surface area contributed by atoms with Crippen LogP contribution < -0.4 is 4.83 Å². The van der Waals surface area contributed by atoms with E-state index in [9.17, 15) is 21.2 Å². The van der Waals surface area contributed by atoms with E-state index in [-0.39, 0.29) is 36.0 Å². The number of benzene rings is 2. The summed E-state index contributed by atoms with van der Waals surface area (Å²) in [5.41, 5.74) is 0. The molecule has 1 aliphatic heterocycles. The maximum absolute atomic E-state index is 12.9. The molecule has 1 N–H and O–H groups in total. The zero-order chi connectivity index (χ0) is 18.8. The van der Waals surface area contributed by atoms with E-state index in [1.54, 1.807) is 18.2 Å². The molecule has 26 heavy (non-hydrogen) atoms. The second kappa shape index (κ2) is 7.41. The number of hydrogen-bond acceptors (Lipinski definition) is 5. The van der Waals surface area contributed by atoms with Crippen LogP contribution in [0, 0.1) is 5.82 Å². The third kappa shape index (κ3) is 4.10. The Hall–Kier alpha value is -1.85. The Labute approximate surface area is 152 Å². The second-order valence-electron chi connectivity index (χ2n) is 5.75. The van der Waals surface area contributed by atoms with Gasteiger partial charge in [0.15, 0.2) is 0 Å². The third-order valence-electron chi connectivity index (χ3n) is 3.99. The molecule has 1 fully saturated rings. The average molecular weight is 399 g/mol. The van der Waals surface area contributed by atoms with E-state index in [1.807, 2.05) is 0 Å². The molecule has 0 spiro atoms. The molecule has 2 aromatic carbocycles. The minimum atomic E-state index is -3.84. The number of sulfonamides is 2. The van der Waals surface area contributed by atoms with E-state index in [4.69, 9.17) is 0 Å². The third-order valence-corrected chi connectivity index (χ3v) is 7.30. The van der Waals surface area contributed by atoms with Crippen LogP contribution in [0.15, 0.2) is 64.4 Å². The molecule has 0 saturated carbocycles. The van der Waals surface area contributed by atoms with Crippen molar-refractivity contribution in [1.82, 2.24) is 14.1 Å². The fourth-order valence-electron chi connectivity index (χ4n) is 2.60. The zero-order valence-electron chi connectivity index (χ0n) is 13.7. The Morgan fingerprint density at radius 1 is 0.769 bits per heavy atom. The first kappa shape index (κ1) is 18.9. The van der Waals surface area contributed by atoms with Gasteiger partial charge in [0, 0.05) is 26.2 Å². The van der Waals surface area contributed by atoms with Gasteiger partial charge in [0.05, 0.1) is 9.79 Å². The summed E-state index contributed by atoms with van der Waals surface area (Å²) >= 11 is 0. The Kier molecular flexibility index (Phi) is 5.39. The topological polar surface area (TPSA) is 86.8 Å². The predicted octanol–water partition coefficient (Wildman–Crippen LogP) is 1.03. The van der Waals surface area contributed by atoms with Crippen molar-refractivity contribution in [3.8, 4) is 0 Å². The van der Waals surface area contributed by atoms with E-state index < -0.39 is 25.9 Å². The standard InChI is InChI=1S/C16H18FN3O4S2/c17-14-6-8-15(9-7-14)25(21,22)18-19-10-12-20(13-11-19)26(23,24)16-4-2-1-3-5-16/h1-9,18H,10-13H2. The summed E-state index contributed by atoms with van der Waals surface area (Å²) < 4.78 is 64.0. The van der Waals surface area contributed by atoms with Gasteiger partial charge in [-0.2, -0.15) is 4.31 Å². The van der Waals surface area contributed by atoms with Crippen LogP contribution in [0.2, 0.25) is 0 Å². The fraction of sp³-hybridized carbons (Fsp3) is 0.250. The van der Waals surface area contributed by atoms with Crippen LogP contribution in [0.1, 0.15) is 0 Å². The molecule has 0 atom stereocenters. The summed E-state index contributed by atoms with van der Waals surface area (Å²) in [6, 6.07) is 12.6. The minimum absolute atomic E-state index is 0.0572. The predicted molar refractivity (Wildman–Crippen MR) is 93.5 cm³/mol. The lowest BCUT2D eigenvalue weighted by Crippen LogP contribution is -2.54. The van der Waals surface area contributed by atoms with Crippen LogP contribution in [0.4, 0.5) is 4.39 Å². The number of piperazine rings is 1. The lowest BCUT2D eigenvalue weighted by atomic mass is 10.4. The lowest BCUT2D eigenvalue weighted by Gasteiger charge is -2.33. The van der Waals surface area contributed by atoms with Crippen molar-refractivity contribution in [2.75, 3.05) is 26.2 Å². The number of hydrazine groups is 1. The number of halogens is 1. The van der Waals surface area contributed by atoms with Gasteiger partial charge in [-0.1, -0.05) is 18.2 Å². The summed E-state index contributed by atoms with van der Waals surface area (Å²) in [5, 5.41) is 1.44. The number of nitrogens with zero attached hydrogens (tertiary/aromatic N) is 2. The minimum Gasteiger partial charge on any atom is -0.228 e. The molecule has 1 heterocycles. The van der Waals surface area contributed by atoms with Gasteiger partial charge in [0.1, 0.15) is 5.82 Å². The molecule has 3 rings (SSSR count). The highest BCUT2D eigenvalue weighted by Gasteiger charge is 2.30. The Morgan fingerprint density at radius 3 is 1.92 bits per heavy atom. The molecular formula is C16H18FN3O4S2. The zero-order valence-corrected chi connectivity index (χ0v) is 15.4. The van der Waals surface area contributed by atoms with Gasteiger partial charge in [-0.25, -0.2) is 26.2 Å². The number of rotatable bonds is 5. The SMILES string of the molecule is O=S(=O)(NN1CCN(S(=O)(=O)c2ccccc2)CC1)c1ccc(F)cc1. The van der Waals surface area contributed by atoms with Crippen LogP contribution >= 0.6 is 0 Å². The lowest BCUT2D eigenvalue weighted by molar-refractivity contribution is 0.165. The van der Waals surface area contributed by atoms with E-state index in [0.29, 0.717) is 0 Å². The monoisotopic (exact) mass is 399 g/mol. The van der Waals surface area contributed by atoms with Crippen LogP contribution in [-0.4, -0.2) is 52.3 Å². The normalized spacial score (nSPS) is 17.3. The molecular weight excluding hydrogens is 381 g/mol. The Balaban J connectivity index is 1.65. The highest BCUT2D eigenvalue weighted by molar-refractivity contribution is 7.89. The molecule has 0 bridgehead atoms. The van der Waals surface area contributed by atoms with E-state index >= 15 is 0 Å². The first-order valence-electron chi connectivity index (χ1n) is 7.87. The molecule has 10 heteroatoms. The summed E-state index contributed by atoms with van der Waals surface area (Å²) in [7, 11) is -7.44. The quantitative estimate of drug-likeness (QED) is 0.811. The molecule has 140 valence electrons. The summed E-state index contributed by atoms with van der Waals surface area (Å²) in [6.45, 7) is 0.714. The summed E-state index contributed by atoms with van der Waals surface area (Å²) in [6.07, 6.45) is 0. The molecule has 0 aliphatic carbocycles. The molecule has 1 aliphatic rings. The van der Waals surface area contributed by atoms with Gasteiger partial charge in [-0.05, 0) is 36.4 Å². The van der Waals surface area contributed by atoms with Crippen molar-refractivity contribution in [2.45, 2.75) is 9.79 Å². The number of nitrogens with one attached hydrogen (secondary N) is 1. The molecule has 7 nitrogen and oxygen atoms in total. The average Bonchev–Trinajstić information content (AvgIpc) is 2.63. The van der Waals surface area contributed by atoms with Crippen LogP contribution in [0.3, 0.4) is 0 Å². The molecule has 1 saturated heterocycles. The van der Waals surface area contributed by atoms with Crippen molar-refractivity contribution < 1.29 is 21.2 Å². The first-order chi connectivity index (χ1) is 12.3.